The Kier molecular flexibility index (Phi) is 4.50. The predicted molar refractivity (Wildman–Crippen MR) is 65.7 cm³/mol. The molecule has 0 unspecified atom stereocenters. The summed E-state index contributed by atoms with van der Waals surface area (Å²) >= 11 is 0. The van der Waals surface area contributed by atoms with E-state index >= 15 is 0 Å². The second-order valence-electron chi connectivity index (χ2n) is 3.53. The number of fused-ring (bicyclic) bond motifs is 1. The summed E-state index contributed by atoms with van der Waals surface area (Å²) in [6.07, 6.45) is 4.97. The van der Waals surface area contributed by atoms with Gasteiger partial charge in [0.05, 0.1) is 0 Å². The van der Waals surface area contributed by atoms with Gasteiger partial charge in [-0.05, 0) is 42.2 Å². The van der Waals surface area contributed by atoms with Crippen LogP contribution in [0.5, 0.6) is 0 Å². The molecule has 0 amide bonds. The minimum absolute atomic E-state index is 0.948. The molecule has 0 fully saturated rings. The van der Waals surface area contributed by atoms with Crippen molar-refractivity contribution < 1.29 is 0 Å². The van der Waals surface area contributed by atoms with Crippen LogP contribution in [0.2, 0.25) is 0 Å². The van der Waals surface area contributed by atoms with Crippen LogP contribution in [0.15, 0.2) is 19.0 Å². The van der Waals surface area contributed by atoms with Crippen LogP contribution in [0.25, 0.3) is 5.57 Å². The van der Waals surface area contributed by atoms with Gasteiger partial charge in [0.2, 0.25) is 0 Å². The largest absolute Gasteiger partial charge is 0.312 e. The maximum Gasteiger partial charge on any atom is 0.0345 e. The molecule has 0 aromatic carbocycles. The van der Waals surface area contributed by atoms with Crippen LogP contribution in [0.4, 0.5) is 0 Å². The molecular formula is C13H20N2. The number of aromatic nitrogens is 1. The van der Waals surface area contributed by atoms with Crippen LogP contribution in [-0.4, -0.2) is 11.5 Å². The number of rotatable bonds is 1. The lowest BCUT2D eigenvalue weighted by Gasteiger charge is -2.19. The first-order valence-corrected chi connectivity index (χ1v) is 5.61. The van der Waals surface area contributed by atoms with Gasteiger partial charge in [-0.25, -0.2) is 0 Å². The van der Waals surface area contributed by atoms with Gasteiger partial charge in [-0.2, -0.15) is 0 Å². The van der Waals surface area contributed by atoms with Crippen LogP contribution < -0.4 is 5.32 Å². The van der Waals surface area contributed by atoms with E-state index < -0.39 is 0 Å². The number of nitrogens with zero attached hydrogens (tertiary/aromatic N) is 1. The first-order valence-electron chi connectivity index (χ1n) is 5.61. The van der Waals surface area contributed by atoms with Crippen LogP contribution >= 0.6 is 0 Å². The van der Waals surface area contributed by atoms with E-state index in [9.17, 15) is 0 Å². The normalized spacial score (nSPS) is 13.5. The van der Waals surface area contributed by atoms with Crippen molar-refractivity contribution in [1.82, 2.24) is 10.3 Å². The number of hydrogen-bond donors (Lipinski definition) is 1. The Morgan fingerprint density at radius 3 is 2.80 bits per heavy atom. The summed E-state index contributed by atoms with van der Waals surface area (Å²) in [6, 6.07) is 0. The number of nitrogens with one attached hydrogen (secondary N) is 1. The molecule has 0 bridgehead atoms. The molecule has 0 spiro atoms. The third-order valence-electron chi connectivity index (χ3n) is 2.47. The summed E-state index contributed by atoms with van der Waals surface area (Å²) < 4.78 is 0. The lowest BCUT2D eigenvalue weighted by atomic mass is 9.95. The molecule has 1 aromatic rings. The first kappa shape index (κ1) is 11.9. The zero-order valence-electron chi connectivity index (χ0n) is 9.93. The van der Waals surface area contributed by atoms with Gasteiger partial charge in [-0.3, -0.25) is 4.98 Å². The van der Waals surface area contributed by atoms with Crippen molar-refractivity contribution in [2.75, 3.05) is 6.54 Å². The fourth-order valence-corrected chi connectivity index (χ4v) is 1.78. The van der Waals surface area contributed by atoms with Crippen molar-refractivity contribution in [2.24, 2.45) is 0 Å². The van der Waals surface area contributed by atoms with Crippen molar-refractivity contribution >= 4 is 5.57 Å². The predicted octanol–water partition coefficient (Wildman–Crippen LogP) is 2.79. The molecule has 0 aliphatic carbocycles. The molecule has 0 atom stereocenters. The maximum absolute atomic E-state index is 4.22. The van der Waals surface area contributed by atoms with Crippen LogP contribution in [0.1, 0.15) is 37.5 Å². The van der Waals surface area contributed by atoms with E-state index in [1.807, 2.05) is 33.2 Å². The van der Waals surface area contributed by atoms with E-state index in [2.05, 4.69) is 16.9 Å². The molecule has 2 rings (SSSR count). The zero-order chi connectivity index (χ0) is 11.3. The highest BCUT2D eigenvalue weighted by Crippen LogP contribution is 2.22. The van der Waals surface area contributed by atoms with E-state index in [4.69, 9.17) is 0 Å². The van der Waals surface area contributed by atoms with E-state index in [0.717, 1.165) is 25.1 Å². The van der Waals surface area contributed by atoms with E-state index in [1.54, 1.807) is 0 Å². The second kappa shape index (κ2) is 5.66. The fraction of sp³-hybridized carbons (Fsp3) is 0.462. The molecule has 0 saturated carbocycles. The second-order valence-corrected chi connectivity index (χ2v) is 3.53. The lowest BCUT2D eigenvalue weighted by molar-refractivity contribution is 0.639. The maximum atomic E-state index is 4.22. The SMILES string of the molecule is C=C(C)c1cncc2c1CCNC2.CC. The Balaban J connectivity index is 0.000000531. The van der Waals surface area contributed by atoms with Crippen molar-refractivity contribution in [3.8, 4) is 0 Å². The molecular weight excluding hydrogens is 184 g/mol. The summed E-state index contributed by atoms with van der Waals surface area (Å²) in [5.41, 5.74) is 5.11. The summed E-state index contributed by atoms with van der Waals surface area (Å²) in [4.78, 5) is 4.22. The molecule has 15 heavy (non-hydrogen) atoms. The van der Waals surface area contributed by atoms with Crippen molar-refractivity contribution in [3.63, 3.8) is 0 Å². The minimum Gasteiger partial charge on any atom is -0.312 e. The van der Waals surface area contributed by atoms with Gasteiger partial charge in [0.15, 0.2) is 0 Å². The fourth-order valence-electron chi connectivity index (χ4n) is 1.78. The highest BCUT2D eigenvalue weighted by molar-refractivity contribution is 5.65. The average molecular weight is 204 g/mol. The molecule has 1 aromatic heterocycles. The summed E-state index contributed by atoms with van der Waals surface area (Å²) in [7, 11) is 0. The van der Waals surface area contributed by atoms with Gasteiger partial charge >= 0.3 is 0 Å². The summed E-state index contributed by atoms with van der Waals surface area (Å²) in [5, 5.41) is 3.34. The molecule has 1 aliphatic rings. The van der Waals surface area contributed by atoms with Crippen molar-refractivity contribution in [3.05, 3.63) is 35.7 Å². The lowest BCUT2D eigenvalue weighted by Crippen LogP contribution is -2.24. The topological polar surface area (TPSA) is 24.9 Å². The zero-order valence-corrected chi connectivity index (χ0v) is 9.93. The van der Waals surface area contributed by atoms with Crippen molar-refractivity contribution in [2.45, 2.75) is 33.7 Å². The number of hydrogen-bond acceptors (Lipinski definition) is 2. The Labute approximate surface area is 92.4 Å². The Bertz CT molecular complexity index is 342. The van der Waals surface area contributed by atoms with Gasteiger partial charge in [-0.15, -0.1) is 0 Å². The Hall–Kier alpha value is -1.15. The van der Waals surface area contributed by atoms with Gasteiger partial charge in [0.1, 0.15) is 0 Å². The van der Waals surface area contributed by atoms with Crippen LogP contribution in [0.3, 0.4) is 0 Å². The standard InChI is InChI=1S/C11H14N2.C2H6/c1-8(2)11-7-13-6-9-5-12-4-3-10(9)11;1-2/h6-7,12H,1,3-5H2,2H3;1-2H3. The molecule has 2 heterocycles. The third-order valence-corrected chi connectivity index (χ3v) is 2.47. The minimum atomic E-state index is 0.948. The Morgan fingerprint density at radius 2 is 2.13 bits per heavy atom. The molecule has 1 aliphatic heterocycles. The number of pyridine rings is 1. The molecule has 0 saturated heterocycles. The highest BCUT2D eigenvalue weighted by Gasteiger charge is 2.12. The molecule has 82 valence electrons. The molecule has 2 heteroatoms. The third kappa shape index (κ3) is 2.66. The van der Waals surface area contributed by atoms with Gasteiger partial charge in [-0.1, -0.05) is 20.4 Å². The van der Waals surface area contributed by atoms with E-state index in [-0.39, 0.29) is 0 Å². The Morgan fingerprint density at radius 1 is 1.40 bits per heavy atom. The van der Waals surface area contributed by atoms with Crippen molar-refractivity contribution in [1.29, 1.82) is 0 Å². The van der Waals surface area contributed by atoms with Gasteiger partial charge in [0.25, 0.3) is 0 Å². The van der Waals surface area contributed by atoms with E-state index in [1.165, 1.54) is 16.7 Å². The molecule has 2 nitrogen and oxygen atoms in total. The highest BCUT2D eigenvalue weighted by atomic mass is 14.9. The molecule has 1 N–H and O–H groups in total. The van der Waals surface area contributed by atoms with Gasteiger partial charge < -0.3 is 5.32 Å². The summed E-state index contributed by atoms with van der Waals surface area (Å²) in [5.74, 6) is 0. The monoisotopic (exact) mass is 204 g/mol. The number of allylic oxidation sites excluding steroid dienone is 1. The first-order chi connectivity index (χ1) is 7.29. The molecule has 0 radical (unpaired) electrons. The average Bonchev–Trinajstić information content (AvgIpc) is 2.31. The van der Waals surface area contributed by atoms with Gasteiger partial charge in [0, 0.05) is 18.9 Å². The summed E-state index contributed by atoms with van der Waals surface area (Å²) in [6.45, 7) is 12.0. The van der Waals surface area contributed by atoms with E-state index in [0.29, 0.717) is 0 Å². The van der Waals surface area contributed by atoms with Crippen LogP contribution in [0, 0.1) is 0 Å². The quantitative estimate of drug-likeness (QED) is 0.761. The van der Waals surface area contributed by atoms with Crippen LogP contribution in [-0.2, 0) is 13.0 Å². The smallest absolute Gasteiger partial charge is 0.0345 e.